The van der Waals surface area contributed by atoms with E-state index < -0.39 is 9.84 Å². The normalized spacial score (nSPS) is 12.1. The second-order valence-electron chi connectivity index (χ2n) is 3.35. The number of alkyl halides is 1. The Morgan fingerprint density at radius 1 is 1.44 bits per heavy atom. The fourth-order valence-corrected chi connectivity index (χ4v) is 3.14. The molecule has 0 bridgehead atoms. The zero-order chi connectivity index (χ0) is 11.8. The second-order valence-corrected chi connectivity index (χ2v) is 5.75. The number of hydrogen-bond donors (Lipinski definition) is 0. The summed E-state index contributed by atoms with van der Waals surface area (Å²) in [5.74, 6) is -0.0789. The number of rotatable bonds is 3. The molecule has 0 aliphatic carbocycles. The van der Waals surface area contributed by atoms with Gasteiger partial charge in [-0.1, -0.05) is 0 Å². The molecule has 0 aliphatic rings. The Labute approximate surface area is 98.0 Å². The molecule has 0 fully saturated rings. The molecular weight excluding hydrogens is 250 g/mol. The molecule has 2 aromatic heterocycles. The Balaban J connectivity index is 2.70. The number of imidazole rings is 1. The van der Waals surface area contributed by atoms with E-state index in [1.807, 2.05) is 0 Å². The smallest absolute Gasteiger partial charge is 0.199 e. The zero-order valence-corrected chi connectivity index (χ0v) is 10.2. The fourth-order valence-electron chi connectivity index (χ4n) is 1.46. The summed E-state index contributed by atoms with van der Waals surface area (Å²) in [6, 6.07) is 1.72. The quantitative estimate of drug-likeness (QED) is 0.771. The van der Waals surface area contributed by atoms with Gasteiger partial charge in [0.25, 0.3) is 0 Å². The first-order chi connectivity index (χ1) is 7.56. The van der Waals surface area contributed by atoms with E-state index in [0.717, 1.165) is 5.52 Å². The molecule has 0 spiro atoms. The van der Waals surface area contributed by atoms with E-state index >= 15 is 0 Å². The van der Waals surface area contributed by atoms with Crippen molar-refractivity contribution in [3.63, 3.8) is 0 Å². The van der Waals surface area contributed by atoms with Crippen molar-refractivity contribution in [2.45, 2.75) is 5.03 Å². The Hall–Kier alpha value is -1.14. The Morgan fingerprint density at radius 3 is 2.88 bits per heavy atom. The van der Waals surface area contributed by atoms with Crippen LogP contribution in [0.4, 0.5) is 0 Å². The van der Waals surface area contributed by atoms with Crippen molar-refractivity contribution < 1.29 is 8.42 Å². The lowest BCUT2D eigenvalue weighted by Gasteiger charge is -2.02. The maximum atomic E-state index is 11.9. The highest BCUT2D eigenvalue weighted by molar-refractivity contribution is 7.91. The number of fused-ring (bicyclic) bond motifs is 1. The lowest BCUT2D eigenvalue weighted by molar-refractivity contribution is 0.595. The van der Waals surface area contributed by atoms with E-state index in [1.54, 1.807) is 24.0 Å². The van der Waals surface area contributed by atoms with Gasteiger partial charge in [0.15, 0.2) is 14.9 Å². The molecule has 7 heteroatoms. The average molecular weight is 260 g/mol. The maximum Gasteiger partial charge on any atom is 0.199 e. The van der Waals surface area contributed by atoms with Crippen molar-refractivity contribution in [2.24, 2.45) is 7.05 Å². The molecule has 16 heavy (non-hydrogen) atoms. The zero-order valence-electron chi connectivity index (χ0n) is 8.59. The summed E-state index contributed by atoms with van der Waals surface area (Å²) in [5.41, 5.74) is 1.14. The van der Waals surface area contributed by atoms with Gasteiger partial charge in [-0.05, 0) is 6.07 Å². The molecule has 0 unspecified atom stereocenters. The molecule has 0 radical (unpaired) electrons. The molecular formula is C9H10ClN3O2S. The van der Waals surface area contributed by atoms with Crippen molar-refractivity contribution in [2.75, 3.05) is 11.6 Å². The third-order valence-corrected chi connectivity index (χ3v) is 4.29. The standard InChI is InChI=1S/C9H10ClN3O2S/c1-13-6-12-8-7(13)2-4-11-9(8)16(14,15)5-3-10/h2,4,6H,3,5H2,1H3. The van der Waals surface area contributed by atoms with Gasteiger partial charge < -0.3 is 4.57 Å². The topological polar surface area (TPSA) is 64.8 Å². The van der Waals surface area contributed by atoms with Crippen LogP contribution < -0.4 is 0 Å². The highest BCUT2D eigenvalue weighted by Crippen LogP contribution is 2.19. The van der Waals surface area contributed by atoms with Gasteiger partial charge in [0.05, 0.1) is 17.6 Å². The summed E-state index contributed by atoms with van der Waals surface area (Å²) in [7, 11) is -1.64. The minimum atomic E-state index is -3.44. The van der Waals surface area contributed by atoms with Crippen molar-refractivity contribution in [3.8, 4) is 0 Å². The largest absolute Gasteiger partial charge is 0.334 e. The van der Waals surface area contributed by atoms with Gasteiger partial charge in [-0.3, -0.25) is 0 Å². The molecule has 0 saturated carbocycles. The first kappa shape index (κ1) is 11.3. The predicted molar refractivity (Wildman–Crippen MR) is 61.3 cm³/mol. The number of sulfone groups is 1. The van der Waals surface area contributed by atoms with Gasteiger partial charge >= 0.3 is 0 Å². The number of nitrogens with zero attached hydrogens (tertiary/aromatic N) is 3. The maximum absolute atomic E-state index is 11.9. The van der Waals surface area contributed by atoms with Gasteiger partial charge in [-0.2, -0.15) is 0 Å². The van der Waals surface area contributed by atoms with E-state index in [4.69, 9.17) is 11.6 Å². The van der Waals surface area contributed by atoms with Gasteiger partial charge in [0, 0.05) is 19.1 Å². The number of hydrogen-bond acceptors (Lipinski definition) is 4. The van der Waals surface area contributed by atoms with Gasteiger partial charge in [0.2, 0.25) is 0 Å². The summed E-state index contributed by atoms with van der Waals surface area (Å²) < 4.78 is 25.5. The predicted octanol–water partition coefficient (Wildman–Crippen LogP) is 0.981. The van der Waals surface area contributed by atoms with Crippen LogP contribution >= 0.6 is 11.6 Å². The van der Waals surface area contributed by atoms with Crippen LogP contribution in [0.5, 0.6) is 0 Å². The lowest BCUT2D eigenvalue weighted by Crippen LogP contribution is -2.10. The summed E-state index contributed by atoms with van der Waals surface area (Å²) >= 11 is 5.46. The molecule has 0 aromatic carbocycles. The fraction of sp³-hybridized carbons (Fsp3) is 0.333. The van der Waals surface area contributed by atoms with E-state index in [2.05, 4.69) is 9.97 Å². The summed E-state index contributed by atoms with van der Waals surface area (Å²) in [4.78, 5) is 7.93. The van der Waals surface area contributed by atoms with Crippen LogP contribution in [0.1, 0.15) is 0 Å². The van der Waals surface area contributed by atoms with Crippen LogP contribution in [0.25, 0.3) is 11.0 Å². The van der Waals surface area contributed by atoms with Crippen molar-refractivity contribution in [3.05, 3.63) is 18.6 Å². The highest BCUT2D eigenvalue weighted by atomic mass is 35.5. The van der Waals surface area contributed by atoms with Gasteiger partial charge in [-0.15, -0.1) is 11.6 Å². The lowest BCUT2D eigenvalue weighted by atomic mass is 10.4. The van der Waals surface area contributed by atoms with E-state index in [9.17, 15) is 8.42 Å². The third kappa shape index (κ3) is 1.78. The van der Waals surface area contributed by atoms with E-state index in [0.29, 0.717) is 5.52 Å². The highest BCUT2D eigenvalue weighted by Gasteiger charge is 2.20. The number of aryl methyl sites for hydroxylation is 1. The third-order valence-electron chi connectivity index (χ3n) is 2.25. The van der Waals surface area contributed by atoms with Crippen LogP contribution in [-0.2, 0) is 16.9 Å². The Kier molecular flexibility index (Phi) is 2.86. The minimum Gasteiger partial charge on any atom is -0.334 e. The number of aromatic nitrogens is 3. The van der Waals surface area contributed by atoms with E-state index in [-0.39, 0.29) is 16.7 Å². The van der Waals surface area contributed by atoms with Crippen LogP contribution in [0.3, 0.4) is 0 Å². The molecule has 5 nitrogen and oxygen atoms in total. The molecule has 0 amide bonds. The number of halogens is 1. The van der Waals surface area contributed by atoms with Crippen LogP contribution in [0.2, 0.25) is 0 Å². The Bertz CT molecular complexity index is 621. The molecule has 2 heterocycles. The molecule has 0 atom stereocenters. The first-order valence-electron chi connectivity index (χ1n) is 4.61. The molecule has 2 rings (SSSR count). The van der Waals surface area contributed by atoms with Crippen LogP contribution in [0.15, 0.2) is 23.6 Å². The van der Waals surface area contributed by atoms with Gasteiger partial charge in [0.1, 0.15) is 5.52 Å². The minimum absolute atomic E-state index is 0.00579. The van der Waals surface area contributed by atoms with Crippen LogP contribution in [-0.4, -0.2) is 34.6 Å². The van der Waals surface area contributed by atoms with Crippen molar-refractivity contribution in [1.82, 2.24) is 14.5 Å². The molecule has 0 aliphatic heterocycles. The molecule has 2 aromatic rings. The Morgan fingerprint density at radius 2 is 2.19 bits per heavy atom. The molecule has 0 saturated heterocycles. The summed E-state index contributed by atoms with van der Waals surface area (Å²) in [6.45, 7) is 0. The molecule has 86 valence electrons. The second kappa shape index (κ2) is 4.03. The summed E-state index contributed by atoms with van der Waals surface area (Å²) in [6.07, 6.45) is 3.02. The monoisotopic (exact) mass is 259 g/mol. The molecule has 0 N–H and O–H groups in total. The van der Waals surface area contributed by atoms with Crippen LogP contribution in [0, 0.1) is 0 Å². The SMILES string of the molecule is Cn1cnc2c(S(=O)(=O)CCCl)nccc21. The number of pyridine rings is 1. The first-order valence-corrected chi connectivity index (χ1v) is 6.79. The van der Waals surface area contributed by atoms with E-state index in [1.165, 1.54) is 6.20 Å². The van der Waals surface area contributed by atoms with Crippen molar-refractivity contribution >= 4 is 32.5 Å². The summed E-state index contributed by atoms with van der Waals surface area (Å²) in [5, 5.41) is 0.00579. The van der Waals surface area contributed by atoms with Crippen molar-refractivity contribution in [1.29, 1.82) is 0 Å². The average Bonchev–Trinajstić information content (AvgIpc) is 2.60. The van der Waals surface area contributed by atoms with Gasteiger partial charge in [-0.25, -0.2) is 18.4 Å².